The van der Waals surface area contributed by atoms with Crippen LogP contribution in [0, 0.1) is 5.92 Å². The lowest BCUT2D eigenvalue weighted by molar-refractivity contribution is -0.145. The molecule has 0 aliphatic rings. The molecule has 3 nitrogen and oxygen atoms in total. The van der Waals surface area contributed by atoms with Crippen molar-refractivity contribution in [3.8, 4) is 16.9 Å². The zero-order valence-corrected chi connectivity index (χ0v) is 12.9. The van der Waals surface area contributed by atoms with Crippen molar-refractivity contribution in [2.75, 3.05) is 7.11 Å². The zero-order valence-electron chi connectivity index (χ0n) is 12.9. The van der Waals surface area contributed by atoms with Crippen LogP contribution >= 0.6 is 0 Å². The van der Waals surface area contributed by atoms with Gasteiger partial charge in [-0.25, -0.2) is 8.78 Å². The summed E-state index contributed by atoms with van der Waals surface area (Å²) in [6.07, 6.45) is -0.718. The lowest BCUT2D eigenvalue weighted by Gasteiger charge is -2.19. The number of carboxylic acids is 1. The first-order valence-electron chi connectivity index (χ1n) is 7.19. The number of rotatable bonds is 6. The van der Waals surface area contributed by atoms with Crippen LogP contribution in [0.15, 0.2) is 48.5 Å². The summed E-state index contributed by atoms with van der Waals surface area (Å²) in [5.41, 5.74) is 1.51. The van der Waals surface area contributed by atoms with Crippen molar-refractivity contribution in [2.45, 2.75) is 19.3 Å². The van der Waals surface area contributed by atoms with Crippen LogP contribution < -0.4 is 4.74 Å². The van der Waals surface area contributed by atoms with Crippen LogP contribution in [-0.4, -0.2) is 18.2 Å². The van der Waals surface area contributed by atoms with E-state index in [0.717, 1.165) is 16.9 Å². The van der Waals surface area contributed by atoms with Crippen molar-refractivity contribution in [1.82, 2.24) is 0 Å². The Kier molecular flexibility index (Phi) is 4.98. The minimum absolute atomic E-state index is 0.178. The average Bonchev–Trinajstić information content (AvgIpc) is 2.54. The fourth-order valence-corrected chi connectivity index (χ4v) is 2.28. The Balaban J connectivity index is 2.19. The van der Waals surface area contributed by atoms with Gasteiger partial charge in [-0.05, 0) is 23.3 Å². The summed E-state index contributed by atoms with van der Waals surface area (Å²) in [4.78, 5) is 10.8. The highest BCUT2D eigenvalue weighted by Crippen LogP contribution is 2.35. The predicted octanol–water partition coefficient (Wildman–Crippen LogP) is 4.56. The lowest BCUT2D eigenvalue weighted by atomic mass is 9.95. The Hall–Kier alpha value is -2.43. The molecule has 1 N–H and O–H groups in total. The van der Waals surface area contributed by atoms with E-state index < -0.39 is 24.2 Å². The highest BCUT2D eigenvalue weighted by atomic mass is 19.3. The molecule has 0 bridgehead atoms. The van der Waals surface area contributed by atoms with Crippen LogP contribution in [0.3, 0.4) is 0 Å². The van der Waals surface area contributed by atoms with E-state index in [1.54, 1.807) is 31.4 Å². The van der Waals surface area contributed by atoms with Gasteiger partial charge in [-0.3, -0.25) is 4.79 Å². The Morgan fingerprint density at radius 1 is 1.09 bits per heavy atom. The van der Waals surface area contributed by atoms with Gasteiger partial charge in [-0.15, -0.1) is 0 Å². The van der Waals surface area contributed by atoms with Gasteiger partial charge in [0.2, 0.25) is 0 Å². The van der Waals surface area contributed by atoms with Crippen LogP contribution in [0.2, 0.25) is 0 Å². The normalized spacial score (nSPS) is 12.7. The average molecular weight is 320 g/mol. The Bertz CT molecular complexity index is 664. The number of carboxylic acid groups (broad SMARTS) is 1. The molecule has 0 aromatic heterocycles. The van der Waals surface area contributed by atoms with E-state index >= 15 is 0 Å². The van der Waals surface area contributed by atoms with Crippen LogP contribution in [0.25, 0.3) is 11.1 Å². The summed E-state index contributed by atoms with van der Waals surface area (Å²) in [5.74, 6) is -4.78. The van der Waals surface area contributed by atoms with Gasteiger partial charge in [-0.1, -0.05) is 43.3 Å². The molecule has 2 aromatic rings. The van der Waals surface area contributed by atoms with Gasteiger partial charge in [0.05, 0.1) is 13.0 Å². The largest absolute Gasteiger partial charge is 0.497 e. The Labute approximate surface area is 133 Å². The van der Waals surface area contributed by atoms with Gasteiger partial charge < -0.3 is 9.84 Å². The second-order valence-electron chi connectivity index (χ2n) is 5.45. The number of ether oxygens (including phenoxy) is 1. The molecule has 122 valence electrons. The van der Waals surface area contributed by atoms with E-state index in [9.17, 15) is 13.6 Å². The maximum Gasteiger partial charge on any atom is 0.306 e. The summed E-state index contributed by atoms with van der Waals surface area (Å²) in [7, 11) is 1.57. The van der Waals surface area contributed by atoms with Gasteiger partial charge >= 0.3 is 5.97 Å². The number of hydrogen-bond acceptors (Lipinski definition) is 2. The van der Waals surface area contributed by atoms with Crippen molar-refractivity contribution in [3.63, 3.8) is 0 Å². The van der Waals surface area contributed by atoms with Crippen LogP contribution in [-0.2, 0) is 10.7 Å². The number of benzene rings is 2. The molecule has 0 heterocycles. The van der Waals surface area contributed by atoms with Crippen molar-refractivity contribution >= 4 is 5.97 Å². The minimum Gasteiger partial charge on any atom is -0.497 e. The van der Waals surface area contributed by atoms with Crippen molar-refractivity contribution < 1.29 is 23.4 Å². The molecule has 0 saturated carbocycles. The molecule has 1 atom stereocenters. The maximum atomic E-state index is 14.1. The van der Waals surface area contributed by atoms with E-state index in [1.807, 2.05) is 12.1 Å². The van der Waals surface area contributed by atoms with E-state index in [-0.39, 0.29) is 5.56 Å². The first-order valence-corrected chi connectivity index (χ1v) is 7.19. The first kappa shape index (κ1) is 16.9. The zero-order chi connectivity index (χ0) is 17.0. The summed E-state index contributed by atoms with van der Waals surface area (Å²) in [6.45, 7) is 1.28. The van der Waals surface area contributed by atoms with Crippen molar-refractivity contribution in [3.05, 3.63) is 54.1 Å². The van der Waals surface area contributed by atoms with Crippen molar-refractivity contribution in [2.24, 2.45) is 5.92 Å². The van der Waals surface area contributed by atoms with Crippen molar-refractivity contribution in [1.29, 1.82) is 0 Å². The topological polar surface area (TPSA) is 46.5 Å². The molecule has 23 heavy (non-hydrogen) atoms. The van der Waals surface area contributed by atoms with Gasteiger partial charge in [0.1, 0.15) is 5.75 Å². The summed E-state index contributed by atoms with van der Waals surface area (Å²) in [5, 5.41) is 8.78. The fourth-order valence-electron chi connectivity index (χ4n) is 2.28. The number of methoxy groups -OCH3 is 1. The van der Waals surface area contributed by atoms with Crippen LogP contribution in [0.1, 0.15) is 18.9 Å². The second kappa shape index (κ2) is 6.77. The lowest BCUT2D eigenvalue weighted by Crippen LogP contribution is -2.22. The number of halogens is 2. The third-order valence-electron chi connectivity index (χ3n) is 3.71. The molecule has 1 unspecified atom stereocenters. The standard InChI is InChI=1S/C18H18F2O3/c1-12(17(21)22)11-18(19,20)15-7-3-13(4-8-15)14-5-9-16(23-2)10-6-14/h3-10,12H,11H2,1-2H3,(H,21,22). The highest BCUT2D eigenvalue weighted by molar-refractivity contribution is 5.69. The summed E-state index contributed by atoms with van der Waals surface area (Å²) in [6, 6.07) is 13.2. The van der Waals surface area contributed by atoms with Gasteiger partial charge in [-0.2, -0.15) is 0 Å². The third kappa shape index (κ3) is 4.06. The number of alkyl halides is 2. The van der Waals surface area contributed by atoms with E-state index in [2.05, 4.69) is 0 Å². The van der Waals surface area contributed by atoms with Crippen LogP contribution in [0.4, 0.5) is 8.78 Å². The quantitative estimate of drug-likeness (QED) is 0.848. The Morgan fingerprint density at radius 3 is 2.00 bits per heavy atom. The smallest absolute Gasteiger partial charge is 0.306 e. The molecule has 2 rings (SSSR count). The molecular formula is C18H18F2O3. The molecule has 5 heteroatoms. The van der Waals surface area contributed by atoms with E-state index in [0.29, 0.717) is 0 Å². The van der Waals surface area contributed by atoms with Crippen LogP contribution in [0.5, 0.6) is 5.75 Å². The number of hydrogen-bond donors (Lipinski definition) is 1. The summed E-state index contributed by atoms with van der Waals surface area (Å²) >= 11 is 0. The SMILES string of the molecule is COc1ccc(-c2ccc(C(F)(F)CC(C)C(=O)O)cc2)cc1. The highest BCUT2D eigenvalue weighted by Gasteiger charge is 2.35. The number of carbonyl (C=O) groups is 1. The van der Waals surface area contributed by atoms with Gasteiger partial charge in [0.25, 0.3) is 5.92 Å². The monoisotopic (exact) mass is 320 g/mol. The molecule has 0 aliphatic carbocycles. The van der Waals surface area contributed by atoms with E-state index in [4.69, 9.17) is 9.84 Å². The molecule has 2 aromatic carbocycles. The van der Waals surface area contributed by atoms with E-state index in [1.165, 1.54) is 19.1 Å². The summed E-state index contributed by atoms with van der Waals surface area (Å²) < 4.78 is 33.3. The second-order valence-corrected chi connectivity index (χ2v) is 5.45. The minimum atomic E-state index is -3.17. The first-order chi connectivity index (χ1) is 10.8. The predicted molar refractivity (Wildman–Crippen MR) is 83.7 cm³/mol. The van der Waals surface area contributed by atoms with Gasteiger partial charge in [0, 0.05) is 12.0 Å². The molecular weight excluding hydrogens is 302 g/mol. The molecule has 0 aliphatic heterocycles. The fraction of sp³-hybridized carbons (Fsp3) is 0.278. The molecule has 0 fully saturated rings. The molecule has 0 saturated heterocycles. The molecule has 0 radical (unpaired) electrons. The maximum absolute atomic E-state index is 14.1. The number of aliphatic carboxylic acids is 1. The molecule has 0 spiro atoms. The molecule has 0 amide bonds. The Morgan fingerprint density at radius 2 is 1.57 bits per heavy atom. The van der Waals surface area contributed by atoms with Gasteiger partial charge in [0.15, 0.2) is 0 Å². The third-order valence-corrected chi connectivity index (χ3v) is 3.71.